The van der Waals surface area contributed by atoms with Crippen LogP contribution in [0.3, 0.4) is 0 Å². The third-order valence-electron chi connectivity index (χ3n) is 5.91. The molecule has 2 aliphatic carbocycles. The summed E-state index contributed by atoms with van der Waals surface area (Å²) in [6.45, 7) is 2.15. The average molecular weight is 381 g/mol. The van der Waals surface area contributed by atoms with Gasteiger partial charge in [0.15, 0.2) is 5.13 Å². The largest absolute Gasteiger partial charge is 0.302 e. The van der Waals surface area contributed by atoms with Crippen molar-refractivity contribution in [2.45, 2.75) is 19.8 Å². The zero-order chi connectivity index (χ0) is 18.7. The molecule has 3 amide bonds. The summed E-state index contributed by atoms with van der Waals surface area (Å²) < 4.78 is 1.02. The van der Waals surface area contributed by atoms with E-state index in [1.165, 1.54) is 16.2 Å². The molecule has 138 valence electrons. The molecule has 1 N–H and O–H groups in total. The number of rotatable bonds is 4. The highest BCUT2D eigenvalue weighted by molar-refractivity contribution is 7.22. The van der Waals surface area contributed by atoms with Gasteiger partial charge in [-0.25, -0.2) is 4.98 Å². The molecule has 7 heteroatoms. The molecule has 1 aromatic heterocycles. The van der Waals surface area contributed by atoms with Crippen LogP contribution in [0.15, 0.2) is 30.4 Å². The maximum absolute atomic E-state index is 12.6. The fourth-order valence-corrected chi connectivity index (χ4v) is 5.65. The van der Waals surface area contributed by atoms with Gasteiger partial charge in [0.25, 0.3) is 0 Å². The molecule has 3 aliphatic rings. The number of aryl methyl sites for hydroxylation is 1. The minimum absolute atomic E-state index is 0.0919. The first-order chi connectivity index (χ1) is 13.0. The van der Waals surface area contributed by atoms with Gasteiger partial charge in [-0.3, -0.25) is 19.3 Å². The molecule has 1 aromatic carbocycles. The summed E-state index contributed by atoms with van der Waals surface area (Å²) in [5.41, 5.74) is 1.99. The summed E-state index contributed by atoms with van der Waals surface area (Å²) in [6.07, 6.45) is 5.15. The molecule has 0 unspecified atom stereocenters. The van der Waals surface area contributed by atoms with Crippen LogP contribution in [0.25, 0.3) is 10.2 Å². The van der Waals surface area contributed by atoms with Crippen LogP contribution in [0.4, 0.5) is 5.13 Å². The quantitative estimate of drug-likeness (QED) is 0.652. The second kappa shape index (κ2) is 5.99. The molecule has 1 aliphatic heterocycles. The van der Waals surface area contributed by atoms with Crippen molar-refractivity contribution in [3.8, 4) is 0 Å². The summed E-state index contributed by atoms with van der Waals surface area (Å²) in [4.78, 5) is 43.3. The number of hydrogen-bond donors (Lipinski definition) is 1. The maximum Gasteiger partial charge on any atom is 0.233 e. The van der Waals surface area contributed by atoms with Gasteiger partial charge in [-0.2, -0.15) is 0 Å². The molecule has 2 heterocycles. The number of allylic oxidation sites excluding steroid dienone is 2. The lowest BCUT2D eigenvalue weighted by Crippen LogP contribution is -2.35. The number of hydrogen-bond acceptors (Lipinski definition) is 5. The van der Waals surface area contributed by atoms with E-state index in [1.807, 2.05) is 25.1 Å². The van der Waals surface area contributed by atoms with Crippen LogP contribution in [-0.4, -0.2) is 34.2 Å². The van der Waals surface area contributed by atoms with E-state index >= 15 is 0 Å². The van der Waals surface area contributed by atoms with E-state index < -0.39 is 0 Å². The van der Waals surface area contributed by atoms with Gasteiger partial charge in [-0.05, 0) is 42.9 Å². The molecule has 0 spiro atoms. The highest BCUT2D eigenvalue weighted by Crippen LogP contribution is 2.52. The molecule has 6 nitrogen and oxygen atoms in total. The van der Waals surface area contributed by atoms with Crippen LogP contribution in [0, 0.1) is 30.6 Å². The zero-order valence-electron chi connectivity index (χ0n) is 14.8. The number of fused-ring (bicyclic) bond motifs is 6. The Kier molecular flexibility index (Phi) is 3.69. The second-order valence-electron chi connectivity index (χ2n) is 7.62. The molecule has 0 radical (unpaired) electrons. The molecule has 1 saturated heterocycles. The third kappa shape index (κ3) is 2.60. The predicted octanol–water partition coefficient (Wildman–Crippen LogP) is 2.74. The van der Waals surface area contributed by atoms with Crippen LogP contribution >= 0.6 is 11.3 Å². The fourth-order valence-electron chi connectivity index (χ4n) is 4.66. The number of amides is 3. The summed E-state index contributed by atoms with van der Waals surface area (Å²) in [5.74, 6) is -0.464. The minimum Gasteiger partial charge on any atom is -0.302 e. The van der Waals surface area contributed by atoms with Crippen molar-refractivity contribution < 1.29 is 14.4 Å². The number of nitrogens with one attached hydrogen (secondary N) is 1. The lowest BCUT2D eigenvalue weighted by Gasteiger charge is -2.16. The first-order valence-corrected chi connectivity index (χ1v) is 10.0. The monoisotopic (exact) mass is 381 g/mol. The highest BCUT2D eigenvalue weighted by atomic mass is 32.1. The van der Waals surface area contributed by atoms with E-state index in [2.05, 4.69) is 22.5 Å². The Morgan fingerprint density at radius 1 is 1.22 bits per heavy atom. The molecule has 27 heavy (non-hydrogen) atoms. The number of carbonyl (C=O) groups is 3. The molecular weight excluding hydrogens is 362 g/mol. The van der Waals surface area contributed by atoms with Crippen LogP contribution in [0.2, 0.25) is 0 Å². The van der Waals surface area contributed by atoms with Crippen LogP contribution in [-0.2, 0) is 14.4 Å². The highest BCUT2D eigenvalue weighted by Gasteiger charge is 2.58. The molecule has 5 rings (SSSR count). The second-order valence-corrected chi connectivity index (χ2v) is 8.65. The Morgan fingerprint density at radius 2 is 1.93 bits per heavy atom. The molecule has 2 bridgehead atoms. The SMILES string of the molecule is Cc1ccc2nc(NC(=O)CCN3C(=O)[C@@H]4[C@@H](C3=O)[C@H]3C=C[C@H]4C3)sc2c1. The van der Waals surface area contributed by atoms with Gasteiger partial charge in [-0.1, -0.05) is 29.6 Å². The molecule has 2 aromatic rings. The number of imide groups is 1. The van der Waals surface area contributed by atoms with E-state index in [1.54, 1.807) is 0 Å². The van der Waals surface area contributed by atoms with Gasteiger partial charge >= 0.3 is 0 Å². The lowest BCUT2D eigenvalue weighted by atomic mass is 9.85. The van der Waals surface area contributed by atoms with Crippen molar-refractivity contribution in [2.75, 3.05) is 11.9 Å². The van der Waals surface area contributed by atoms with E-state index in [0.717, 1.165) is 22.2 Å². The number of likely N-dealkylation sites (tertiary alicyclic amines) is 1. The van der Waals surface area contributed by atoms with Crippen molar-refractivity contribution >= 4 is 44.4 Å². The standard InChI is InChI=1S/C20H19N3O3S/c1-10-2-5-13-14(8-10)27-20(21-13)22-15(24)6-7-23-18(25)16-11-3-4-12(9-11)17(16)19(23)26/h2-5,8,11-12,16-17H,6-7,9H2,1H3,(H,21,22,24)/t11-,12-,16-,17-/m0/s1. The van der Waals surface area contributed by atoms with E-state index in [0.29, 0.717) is 5.13 Å². The van der Waals surface area contributed by atoms with Gasteiger partial charge in [-0.15, -0.1) is 0 Å². The molecule has 1 saturated carbocycles. The Balaban J connectivity index is 1.23. The molecule has 2 fully saturated rings. The fraction of sp³-hybridized carbons (Fsp3) is 0.400. The van der Waals surface area contributed by atoms with Crippen molar-refractivity contribution in [1.29, 1.82) is 0 Å². The van der Waals surface area contributed by atoms with Crippen molar-refractivity contribution in [3.05, 3.63) is 35.9 Å². The topological polar surface area (TPSA) is 79.4 Å². The van der Waals surface area contributed by atoms with Gasteiger partial charge in [0.1, 0.15) is 0 Å². The maximum atomic E-state index is 12.6. The predicted molar refractivity (Wildman–Crippen MR) is 102 cm³/mol. The number of thiazole rings is 1. The van der Waals surface area contributed by atoms with Crippen LogP contribution in [0.5, 0.6) is 0 Å². The number of aromatic nitrogens is 1. The van der Waals surface area contributed by atoms with Crippen LogP contribution < -0.4 is 5.32 Å². The van der Waals surface area contributed by atoms with Gasteiger partial charge in [0.05, 0.1) is 22.1 Å². The first-order valence-electron chi connectivity index (χ1n) is 9.22. The first kappa shape index (κ1) is 16.6. The smallest absolute Gasteiger partial charge is 0.233 e. The van der Waals surface area contributed by atoms with Gasteiger partial charge < -0.3 is 5.32 Å². The Labute approximate surface area is 160 Å². The summed E-state index contributed by atoms with van der Waals surface area (Å²) >= 11 is 1.42. The van der Waals surface area contributed by atoms with Crippen molar-refractivity contribution in [2.24, 2.45) is 23.7 Å². The Morgan fingerprint density at radius 3 is 2.63 bits per heavy atom. The summed E-state index contributed by atoms with van der Waals surface area (Å²) in [5, 5.41) is 3.33. The van der Waals surface area contributed by atoms with Gasteiger partial charge in [0.2, 0.25) is 17.7 Å². The third-order valence-corrected chi connectivity index (χ3v) is 6.85. The number of anilines is 1. The van der Waals surface area contributed by atoms with E-state index in [-0.39, 0.29) is 54.4 Å². The lowest BCUT2D eigenvalue weighted by molar-refractivity contribution is -0.140. The van der Waals surface area contributed by atoms with Crippen molar-refractivity contribution in [3.63, 3.8) is 0 Å². The Hall–Kier alpha value is -2.54. The van der Waals surface area contributed by atoms with Gasteiger partial charge in [0, 0.05) is 13.0 Å². The van der Waals surface area contributed by atoms with E-state index in [9.17, 15) is 14.4 Å². The average Bonchev–Trinajstić information content (AvgIpc) is 3.37. The number of carbonyl (C=O) groups excluding carboxylic acids is 3. The van der Waals surface area contributed by atoms with Crippen molar-refractivity contribution in [1.82, 2.24) is 9.88 Å². The number of nitrogens with zero attached hydrogens (tertiary/aromatic N) is 2. The minimum atomic E-state index is -0.232. The van der Waals surface area contributed by atoms with Crippen LogP contribution in [0.1, 0.15) is 18.4 Å². The number of benzene rings is 1. The Bertz CT molecular complexity index is 981. The molecule has 4 atom stereocenters. The normalized spacial score (nSPS) is 28.4. The molecular formula is C20H19N3O3S. The zero-order valence-corrected chi connectivity index (χ0v) is 15.7. The summed E-state index contributed by atoms with van der Waals surface area (Å²) in [6, 6.07) is 5.95. The van der Waals surface area contributed by atoms with E-state index in [4.69, 9.17) is 0 Å². The summed E-state index contributed by atoms with van der Waals surface area (Å²) in [7, 11) is 0.